The number of ether oxygens (including phenoxy) is 1. The predicted octanol–water partition coefficient (Wildman–Crippen LogP) is -0.285. The van der Waals surface area contributed by atoms with Crippen LogP contribution in [0.5, 0.6) is 0 Å². The molecule has 5 nitrogen and oxygen atoms in total. The highest BCUT2D eigenvalue weighted by Crippen LogP contribution is 2.29. The molecule has 0 aromatic heterocycles. The maximum atomic E-state index is 11.4. The molecule has 1 aliphatic carbocycles. The van der Waals surface area contributed by atoms with Crippen LogP contribution >= 0.6 is 0 Å². The summed E-state index contributed by atoms with van der Waals surface area (Å²) in [5.74, 6) is 0.651. The van der Waals surface area contributed by atoms with Crippen LogP contribution in [0.15, 0.2) is 0 Å². The molecule has 1 fully saturated rings. The minimum absolute atomic E-state index is 0.00735. The fraction of sp³-hybridized carbons (Fsp3) is 1.00. The molecule has 2 N–H and O–H groups in total. The van der Waals surface area contributed by atoms with Crippen LogP contribution in [0.4, 0.5) is 0 Å². The van der Waals surface area contributed by atoms with Crippen molar-refractivity contribution in [3.05, 3.63) is 0 Å². The molecule has 0 saturated heterocycles. The first-order valence-corrected chi connectivity index (χ1v) is 6.95. The summed E-state index contributed by atoms with van der Waals surface area (Å²) in [5.41, 5.74) is 0. The van der Waals surface area contributed by atoms with Gasteiger partial charge in [-0.25, -0.2) is 13.1 Å². The van der Waals surface area contributed by atoms with Crippen molar-refractivity contribution >= 4 is 10.0 Å². The van der Waals surface area contributed by atoms with E-state index in [9.17, 15) is 8.42 Å². The Labute approximate surface area is 90.9 Å². The summed E-state index contributed by atoms with van der Waals surface area (Å²) in [4.78, 5) is 0. The molecule has 0 aromatic carbocycles. The maximum absolute atomic E-state index is 11.4. The lowest BCUT2D eigenvalue weighted by molar-refractivity contribution is 0.0913. The minimum atomic E-state index is -3.07. The van der Waals surface area contributed by atoms with E-state index in [0.29, 0.717) is 32.1 Å². The van der Waals surface area contributed by atoms with Gasteiger partial charge in [0.05, 0.1) is 19.0 Å². The zero-order valence-electron chi connectivity index (χ0n) is 8.81. The molecular formula is C9H19NO4S. The lowest BCUT2D eigenvalue weighted by atomic mass is 10.5. The normalized spacial score (nSPS) is 16.9. The van der Waals surface area contributed by atoms with E-state index >= 15 is 0 Å². The van der Waals surface area contributed by atoms with Gasteiger partial charge in [-0.2, -0.15) is 0 Å². The van der Waals surface area contributed by atoms with Crippen LogP contribution in [0.1, 0.15) is 19.3 Å². The molecule has 0 heterocycles. The van der Waals surface area contributed by atoms with E-state index in [-0.39, 0.29) is 12.4 Å². The molecule has 0 radical (unpaired) electrons. The van der Waals surface area contributed by atoms with Crippen LogP contribution in [0.3, 0.4) is 0 Å². The molecule has 0 spiro atoms. The molecule has 0 amide bonds. The van der Waals surface area contributed by atoms with Crippen molar-refractivity contribution in [3.63, 3.8) is 0 Å². The second-order valence-electron chi connectivity index (χ2n) is 3.81. The summed E-state index contributed by atoms with van der Waals surface area (Å²) < 4.78 is 30.3. The fourth-order valence-electron chi connectivity index (χ4n) is 1.22. The average molecular weight is 237 g/mol. The molecule has 0 bridgehead atoms. The Morgan fingerprint density at radius 2 is 2.07 bits per heavy atom. The van der Waals surface area contributed by atoms with Crippen molar-refractivity contribution in [1.82, 2.24) is 4.72 Å². The standard InChI is InChI=1S/C9H19NO4S/c11-5-7-14-6-1-4-10-15(12,13)8-9-2-3-9/h9-11H,1-8H2. The number of rotatable bonds is 9. The minimum Gasteiger partial charge on any atom is -0.394 e. The summed E-state index contributed by atoms with van der Waals surface area (Å²) in [6.45, 7) is 1.22. The van der Waals surface area contributed by atoms with Crippen molar-refractivity contribution in [2.75, 3.05) is 32.1 Å². The van der Waals surface area contributed by atoms with Gasteiger partial charge in [0.15, 0.2) is 0 Å². The van der Waals surface area contributed by atoms with Gasteiger partial charge in [-0.1, -0.05) is 0 Å². The third kappa shape index (κ3) is 6.83. The molecule has 1 saturated carbocycles. The fourth-order valence-corrected chi connectivity index (χ4v) is 2.75. The Morgan fingerprint density at radius 3 is 2.67 bits per heavy atom. The Morgan fingerprint density at radius 1 is 1.33 bits per heavy atom. The summed E-state index contributed by atoms with van der Waals surface area (Å²) in [7, 11) is -3.07. The quantitative estimate of drug-likeness (QED) is 0.541. The second kappa shape index (κ2) is 6.42. The van der Waals surface area contributed by atoms with Crippen LogP contribution in [0, 0.1) is 5.92 Å². The number of hydrogen-bond acceptors (Lipinski definition) is 4. The van der Waals surface area contributed by atoms with Crippen LogP contribution in [0.25, 0.3) is 0 Å². The van der Waals surface area contributed by atoms with E-state index in [1.165, 1.54) is 0 Å². The second-order valence-corrected chi connectivity index (χ2v) is 5.66. The van der Waals surface area contributed by atoms with Crippen LogP contribution in [-0.4, -0.2) is 45.6 Å². The van der Waals surface area contributed by atoms with Crippen molar-refractivity contribution < 1.29 is 18.3 Å². The first kappa shape index (κ1) is 12.9. The highest BCUT2D eigenvalue weighted by Gasteiger charge is 2.27. The van der Waals surface area contributed by atoms with Gasteiger partial charge in [0, 0.05) is 13.2 Å². The van der Waals surface area contributed by atoms with E-state index in [2.05, 4.69) is 4.72 Å². The highest BCUT2D eigenvalue weighted by atomic mass is 32.2. The van der Waals surface area contributed by atoms with Gasteiger partial charge in [0.1, 0.15) is 0 Å². The molecule has 90 valence electrons. The van der Waals surface area contributed by atoms with E-state index < -0.39 is 10.0 Å². The third-order valence-corrected chi connectivity index (χ3v) is 3.73. The van der Waals surface area contributed by atoms with Crippen molar-refractivity contribution in [3.8, 4) is 0 Å². The van der Waals surface area contributed by atoms with Crippen molar-refractivity contribution in [2.24, 2.45) is 5.92 Å². The molecule has 15 heavy (non-hydrogen) atoms. The predicted molar refractivity (Wildman–Crippen MR) is 57.0 cm³/mol. The van der Waals surface area contributed by atoms with Gasteiger partial charge in [0.25, 0.3) is 0 Å². The largest absolute Gasteiger partial charge is 0.394 e. The van der Waals surface area contributed by atoms with Gasteiger partial charge >= 0.3 is 0 Å². The SMILES string of the molecule is O=S(=O)(CC1CC1)NCCCOCCO. The van der Waals surface area contributed by atoms with Crippen molar-refractivity contribution in [2.45, 2.75) is 19.3 Å². The van der Waals surface area contributed by atoms with E-state index in [0.717, 1.165) is 12.8 Å². The Kier molecular flexibility index (Phi) is 5.52. The van der Waals surface area contributed by atoms with Crippen molar-refractivity contribution in [1.29, 1.82) is 0 Å². The lowest BCUT2D eigenvalue weighted by Gasteiger charge is -2.05. The van der Waals surface area contributed by atoms with Crippen LogP contribution < -0.4 is 4.72 Å². The first-order valence-electron chi connectivity index (χ1n) is 5.30. The highest BCUT2D eigenvalue weighted by molar-refractivity contribution is 7.89. The summed E-state index contributed by atoms with van der Waals surface area (Å²) in [6.07, 6.45) is 2.73. The summed E-state index contributed by atoms with van der Waals surface area (Å²) in [6, 6.07) is 0. The maximum Gasteiger partial charge on any atom is 0.211 e. The molecule has 0 aliphatic heterocycles. The Balaban J connectivity index is 1.98. The number of nitrogens with one attached hydrogen (secondary N) is 1. The number of aliphatic hydroxyl groups excluding tert-OH is 1. The monoisotopic (exact) mass is 237 g/mol. The lowest BCUT2D eigenvalue weighted by Crippen LogP contribution is -2.28. The topological polar surface area (TPSA) is 75.6 Å². The molecule has 1 rings (SSSR count). The van der Waals surface area contributed by atoms with Gasteiger partial charge in [-0.05, 0) is 25.2 Å². The smallest absolute Gasteiger partial charge is 0.211 e. The number of aliphatic hydroxyl groups is 1. The number of hydrogen-bond donors (Lipinski definition) is 2. The zero-order valence-corrected chi connectivity index (χ0v) is 9.63. The van der Waals surface area contributed by atoms with Gasteiger partial charge in [-0.3, -0.25) is 0 Å². The van der Waals surface area contributed by atoms with Gasteiger partial charge < -0.3 is 9.84 Å². The molecule has 0 atom stereocenters. The Bertz CT molecular complexity index is 261. The van der Waals surface area contributed by atoms with E-state index in [1.54, 1.807) is 0 Å². The van der Waals surface area contributed by atoms with E-state index in [1.807, 2.05) is 0 Å². The van der Waals surface area contributed by atoms with E-state index in [4.69, 9.17) is 9.84 Å². The van der Waals surface area contributed by atoms with Gasteiger partial charge in [-0.15, -0.1) is 0 Å². The molecule has 6 heteroatoms. The molecule has 0 aromatic rings. The van der Waals surface area contributed by atoms with Crippen LogP contribution in [-0.2, 0) is 14.8 Å². The average Bonchev–Trinajstić information content (AvgIpc) is 2.94. The summed E-state index contributed by atoms with van der Waals surface area (Å²) in [5, 5.41) is 8.42. The third-order valence-electron chi connectivity index (χ3n) is 2.18. The zero-order chi connectivity index (χ0) is 11.1. The molecular weight excluding hydrogens is 218 g/mol. The van der Waals surface area contributed by atoms with Gasteiger partial charge in [0.2, 0.25) is 10.0 Å². The summed E-state index contributed by atoms with van der Waals surface area (Å²) >= 11 is 0. The molecule has 0 unspecified atom stereocenters. The first-order chi connectivity index (χ1) is 7.14. The molecule has 1 aliphatic rings. The number of sulfonamides is 1. The van der Waals surface area contributed by atoms with Crippen LogP contribution in [0.2, 0.25) is 0 Å². The Hall–Kier alpha value is -0.170.